The van der Waals surface area contributed by atoms with Gasteiger partial charge in [0.1, 0.15) is 27.6 Å². The minimum Gasteiger partial charge on any atom is -0.434 e. The summed E-state index contributed by atoms with van der Waals surface area (Å²) in [5.74, 6) is -2.90. The minimum absolute atomic E-state index is 0.0127. The first-order chi connectivity index (χ1) is 21.6. The molecule has 2 unspecified atom stereocenters. The lowest BCUT2D eigenvalue weighted by molar-refractivity contribution is -0.0498. The molecule has 6 heterocycles. The molecule has 8 rings (SSSR count). The number of nitrogens with zero attached hydrogens (tertiary/aromatic N) is 5. The zero-order chi connectivity index (χ0) is 31.2. The van der Waals surface area contributed by atoms with Crippen LogP contribution in [0.25, 0.3) is 42.5 Å². The predicted octanol–water partition coefficient (Wildman–Crippen LogP) is 5.54. The van der Waals surface area contributed by atoms with E-state index in [0.717, 1.165) is 18.2 Å². The van der Waals surface area contributed by atoms with Crippen molar-refractivity contribution >= 4 is 48.4 Å². The first-order valence-electron chi connectivity index (χ1n) is 14.5. The van der Waals surface area contributed by atoms with Crippen LogP contribution < -0.4 is 19.7 Å². The molecule has 10 nitrogen and oxygen atoms in total. The van der Waals surface area contributed by atoms with Crippen LogP contribution in [0.2, 0.25) is 0 Å². The zero-order valence-electron chi connectivity index (χ0n) is 23.9. The third-order valence-corrected chi connectivity index (χ3v) is 10.3. The lowest BCUT2D eigenvalue weighted by Gasteiger charge is -2.34. The number of aromatic nitrogens is 5. The van der Waals surface area contributed by atoms with E-state index in [9.17, 15) is 22.7 Å². The van der Waals surface area contributed by atoms with Gasteiger partial charge in [-0.2, -0.15) is 23.8 Å². The zero-order valence-corrected chi connectivity index (χ0v) is 24.7. The number of aryl methyl sites for hydroxylation is 1. The van der Waals surface area contributed by atoms with Crippen LogP contribution in [0.1, 0.15) is 24.8 Å². The number of alkyl halides is 4. The Bertz CT molecular complexity index is 2000. The highest BCUT2D eigenvalue weighted by atomic mass is 32.1. The number of nitrogens with one attached hydrogen (secondary N) is 2. The second-order valence-electron chi connectivity index (χ2n) is 11.9. The molecule has 3 aliphatic rings. The number of aliphatic hydroxyl groups excluding tert-OH is 1. The molecule has 3 atom stereocenters. The van der Waals surface area contributed by atoms with Crippen molar-refractivity contribution in [3.05, 3.63) is 42.4 Å². The number of anilines is 1. The Morgan fingerprint density at radius 3 is 2.67 bits per heavy atom. The quantitative estimate of drug-likeness (QED) is 0.148. The minimum atomic E-state index is -3.15. The summed E-state index contributed by atoms with van der Waals surface area (Å²) < 4.78 is 67.3. The molecule has 15 heteroatoms. The molecule has 3 N–H and O–H groups in total. The predicted molar refractivity (Wildman–Crippen MR) is 160 cm³/mol. The molecule has 2 saturated heterocycles. The van der Waals surface area contributed by atoms with Crippen LogP contribution in [0, 0.1) is 12.3 Å². The number of halogens is 4. The summed E-state index contributed by atoms with van der Waals surface area (Å²) in [6.45, 7) is 2.82. The van der Waals surface area contributed by atoms with Gasteiger partial charge in [0.25, 0.3) is 5.92 Å². The summed E-state index contributed by atoms with van der Waals surface area (Å²) >= 11 is 1.26. The summed E-state index contributed by atoms with van der Waals surface area (Å²) in [7, 11) is 0. The van der Waals surface area contributed by atoms with Gasteiger partial charge in [0.15, 0.2) is 0 Å². The number of hydrogen-bond acceptors (Lipinski definition) is 10. The van der Waals surface area contributed by atoms with Gasteiger partial charge in [-0.15, -0.1) is 11.3 Å². The molecular formula is C30H27F4N7O3S. The van der Waals surface area contributed by atoms with E-state index in [2.05, 4.69) is 37.0 Å². The van der Waals surface area contributed by atoms with Gasteiger partial charge < -0.3 is 24.8 Å². The maximum atomic E-state index is 14.3. The summed E-state index contributed by atoms with van der Waals surface area (Å²) in [6.07, 6.45) is 4.60. The third kappa shape index (κ3) is 4.35. The Kier molecular flexibility index (Phi) is 6.29. The number of fused-ring (bicyclic) bond motifs is 6. The number of H-pyrrole nitrogens is 1. The van der Waals surface area contributed by atoms with Crippen molar-refractivity contribution < 1.29 is 32.1 Å². The largest absolute Gasteiger partial charge is 0.434 e. The number of thiophene rings is 1. The van der Waals surface area contributed by atoms with E-state index >= 15 is 0 Å². The number of piperazine rings is 1. The van der Waals surface area contributed by atoms with E-state index < -0.39 is 31.0 Å². The molecule has 234 valence electrons. The van der Waals surface area contributed by atoms with Crippen LogP contribution in [-0.2, 0) is 0 Å². The van der Waals surface area contributed by atoms with Gasteiger partial charge in [-0.25, -0.2) is 8.78 Å². The number of benzene rings is 1. The van der Waals surface area contributed by atoms with Crippen LogP contribution >= 0.6 is 11.3 Å². The number of ether oxygens (including phenoxy) is 2. The molecule has 2 aliphatic heterocycles. The molecule has 1 aromatic carbocycles. The standard InChI is InChI=1S/C30H27F4N7O3S/c1-13-7-19-18(8-36-40-19)20(23(13)44-27(31)32)22-24-17(5-6-35-22)21-25(41-9-15-3-4-16(10-41)37-15)38-28(39-26(21)45-24)43-14(2)29(12-42)11-30(29,33)34/h5-8,15-16,27,37,42H,2-4,9-12H2,1H3,(H,36,40)/t15?,16?,29-/m1/s1. The summed E-state index contributed by atoms with van der Waals surface area (Å²) in [5, 5.41) is 22.4. The van der Waals surface area contributed by atoms with Crippen molar-refractivity contribution in [3.8, 4) is 23.0 Å². The highest BCUT2D eigenvalue weighted by Gasteiger charge is 2.74. The fourth-order valence-electron chi connectivity index (χ4n) is 6.77. The average molecular weight is 642 g/mol. The average Bonchev–Trinajstić information content (AvgIpc) is 3.41. The Morgan fingerprint density at radius 2 is 1.98 bits per heavy atom. The number of aromatic amines is 1. The lowest BCUT2D eigenvalue weighted by atomic mass is 10.0. The Labute approximate surface area is 257 Å². The van der Waals surface area contributed by atoms with Crippen LogP contribution in [0.4, 0.5) is 23.4 Å². The normalized spacial score (nSPS) is 23.8. The van der Waals surface area contributed by atoms with Crippen LogP contribution in [0.5, 0.6) is 11.8 Å². The molecular weight excluding hydrogens is 614 g/mol. The molecule has 0 amide bonds. The number of aliphatic hydroxyl groups is 1. The highest BCUT2D eigenvalue weighted by Crippen LogP contribution is 2.64. The summed E-state index contributed by atoms with van der Waals surface area (Å²) in [4.78, 5) is 16.6. The van der Waals surface area contributed by atoms with Gasteiger partial charge in [-0.3, -0.25) is 10.1 Å². The molecule has 4 aromatic heterocycles. The van der Waals surface area contributed by atoms with Gasteiger partial charge in [-0.1, -0.05) is 6.58 Å². The molecule has 2 bridgehead atoms. The van der Waals surface area contributed by atoms with Gasteiger partial charge in [-0.05, 0) is 37.5 Å². The van der Waals surface area contributed by atoms with Gasteiger partial charge >= 0.3 is 12.6 Å². The van der Waals surface area contributed by atoms with Crippen molar-refractivity contribution in [2.75, 3.05) is 24.6 Å². The lowest BCUT2D eigenvalue weighted by Crippen LogP contribution is -2.51. The SMILES string of the molecule is C=C(Oc1nc(N2CC3CCC(C2)N3)c2c(n1)sc1c(-c3c(OC(F)F)c(C)cc4[nH]ncc34)nccc12)[C@]1(CO)CC1(F)F. The first-order valence-corrected chi connectivity index (χ1v) is 15.3. The number of pyridine rings is 1. The van der Waals surface area contributed by atoms with Gasteiger partial charge in [0.05, 0.1) is 39.7 Å². The second-order valence-corrected chi connectivity index (χ2v) is 12.9. The fraction of sp³-hybridized carbons (Fsp3) is 0.400. The molecule has 1 aliphatic carbocycles. The Morgan fingerprint density at radius 1 is 1.22 bits per heavy atom. The Hall–Kier alpha value is -4.08. The topological polar surface area (TPSA) is 121 Å². The smallest absolute Gasteiger partial charge is 0.387 e. The maximum Gasteiger partial charge on any atom is 0.387 e. The molecule has 0 radical (unpaired) electrons. The number of rotatable bonds is 8. The highest BCUT2D eigenvalue weighted by molar-refractivity contribution is 7.26. The maximum absolute atomic E-state index is 14.3. The van der Waals surface area contributed by atoms with Crippen molar-refractivity contribution in [3.63, 3.8) is 0 Å². The first kappa shape index (κ1) is 28.4. The summed E-state index contributed by atoms with van der Waals surface area (Å²) in [5.41, 5.74) is -0.0284. The molecule has 3 fully saturated rings. The van der Waals surface area contributed by atoms with Crippen molar-refractivity contribution in [2.24, 2.45) is 5.41 Å². The van der Waals surface area contributed by atoms with Gasteiger partial charge in [0.2, 0.25) is 0 Å². The van der Waals surface area contributed by atoms with E-state index in [0.29, 0.717) is 61.5 Å². The van der Waals surface area contributed by atoms with E-state index in [1.54, 1.807) is 25.4 Å². The molecule has 1 saturated carbocycles. The van der Waals surface area contributed by atoms with E-state index in [1.807, 2.05) is 6.07 Å². The van der Waals surface area contributed by atoms with Gasteiger partial charge in [0, 0.05) is 48.6 Å². The molecule has 0 spiro atoms. The van der Waals surface area contributed by atoms with E-state index in [1.165, 1.54) is 11.3 Å². The van der Waals surface area contributed by atoms with E-state index in [4.69, 9.17) is 14.5 Å². The summed E-state index contributed by atoms with van der Waals surface area (Å²) in [6, 6.07) is 3.86. The molecule has 45 heavy (non-hydrogen) atoms. The van der Waals surface area contributed by atoms with Crippen molar-refractivity contribution in [1.82, 2.24) is 30.5 Å². The third-order valence-electron chi connectivity index (χ3n) is 9.17. The Balaban J connectivity index is 1.34. The van der Waals surface area contributed by atoms with Crippen molar-refractivity contribution in [2.45, 2.75) is 50.8 Å². The fourth-order valence-corrected chi connectivity index (χ4v) is 7.93. The van der Waals surface area contributed by atoms with Crippen molar-refractivity contribution in [1.29, 1.82) is 0 Å². The van der Waals surface area contributed by atoms with E-state index in [-0.39, 0.29) is 29.6 Å². The van der Waals surface area contributed by atoms with Crippen LogP contribution in [-0.4, -0.2) is 74.6 Å². The van der Waals surface area contributed by atoms with Crippen LogP contribution in [0.15, 0.2) is 36.9 Å². The van der Waals surface area contributed by atoms with Crippen LogP contribution in [0.3, 0.4) is 0 Å². The second kappa shape index (κ2) is 9.96. The molecule has 5 aromatic rings. The monoisotopic (exact) mass is 641 g/mol. The number of hydrogen-bond donors (Lipinski definition) is 3.